The Bertz CT molecular complexity index is 1210. The van der Waals surface area contributed by atoms with Crippen LogP contribution in [0.15, 0.2) is 121 Å². The minimum absolute atomic E-state index is 0.170. The van der Waals surface area contributed by atoms with Gasteiger partial charge < -0.3 is 9.05 Å². The molecule has 0 N–H and O–H groups in total. The van der Waals surface area contributed by atoms with Crippen molar-refractivity contribution < 1.29 is 18.2 Å². The van der Waals surface area contributed by atoms with Crippen molar-refractivity contribution in [3.63, 3.8) is 0 Å². The van der Waals surface area contributed by atoms with E-state index in [9.17, 15) is 9.13 Å². The van der Waals surface area contributed by atoms with E-state index in [2.05, 4.69) is 0 Å². The van der Waals surface area contributed by atoms with Crippen LogP contribution in [0.25, 0.3) is 0 Å². The largest absolute Gasteiger partial charge is 0.322 e. The SMILES string of the molecule is CC(COP(=O)(c1ccccc1)c1ccccc1)C(C)OP(=O)(c1ccccc1)c1ccccc1. The molecule has 180 valence electrons. The molecule has 0 aromatic heterocycles. The molecule has 0 bridgehead atoms. The van der Waals surface area contributed by atoms with Crippen LogP contribution in [0.1, 0.15) is 13.8 Å². The van der Waals surface area contributed by atoms with Crippen molar-refractivity contribution in [3.8, 4) is 0 Å². The summed E-state index contributed by atoms with van der Waals surface area (Å²) in [6.07, 6.45) is -0.416. The Morgan fingerprint density at radius 3 is 1.20 bits per heavy atom. The second kappa shape index (κ2) is 11.3. The van der Waals surface area contributed by atoms with E-state index in [0.29, 0.717) is 21.2 Å². The summed E-state index contributed by atoms with van der Waals surface area (Å²) >= 11 is 0. The van der Waals surface area contributed by atoms with Gasteiger partial charge in [0.1, 0.15) is 0 Å². The van der Waals surface area contributed by atoms with Crippen molar-refractivity contribution in [2.75, 3.05) is 6.61 Å². The van der Waals surface area contributed by atoms with Crippen molar-refractivity contribution in [1.29, 1.82) is 0 Å². The van der Waals surface area contributed by atoms with E-state index < -0.39 is 20.8 Å². The fourth-order valence-corrected chi connectivity index (χ4v) is 8.28. The van der Waals surface area contributed by atoms with E-state index >= 15 is 0 Å². The molecule has 0 saturated heterocycles. The molecule has 2 unspecified atom stereocenters. The first-order chi connectivity index (χ1) is 16.9. The van der Waals surface area contributed by atoms with Crippen LogP contribution in [0.2, 0.25) is 0 Å². The maximum absolute atomic E-state index is 14.3. The van der Waals surface area contributed by atoms with Gasteiger partial charge in [-0.25, -0.2) is 0 Å². The lowest BCUT2D eigenvalue weighted by atomic mass is 10.1. The summed E-state index contributed by atoms with van der Waals surface area (Å²) in [7, 11) is -6.65. The summed E-state index contributed by atoms with van der Waals surface area (Å²) in [5, 5.41) is 2.58. The van der Waals surface area contributed by atoms with E-state index in [4.69, 9.17) is 9.05 Å². The smallest absolute Gasteiger partial charge is 0.261 e. The Balaban J connectivity index is 1.56. The van der Waals surface area contributed by atoms with E-state index in [0.717, 1.165) is 0 Å². The van der Waals surface area contributed by atoms with Crippen molar-refractivity contribution in [1.82, 2.24) is 0 Å². The Hall–Kier alpha value is -2.74. The van der Waals surface area contributed by atoms with Crippen molar-refractivity contribution in [2.45, 2.75) is 20.0 Å². The van der Waals surface area contributed by atoms with Crippen LogP contribution in [0.3, 0.4) is 0 Å². The highest BCUT2D eigenvalue weighted by Gasteiger charge is 2.34. The van der Waals surface area contributed by atoms with Crippen molar-refractivity contribution >= 4 is 36.0 Å². The first-order valence-corrected chi connectivity index (χ1v) is 14.9. The highest BCUT2D eigenvalue weighted by molar-refractivity contribution is 7.74. The second-order valence-electron chi connectivity index (χ2n) is 8.53. The topological polar surface area (TPSA) is 52.6 Å². The van der Waals surface area contributed by atoms with Crippen LogP contribution in [-0.4, -0.2) is 12.7 Å². The monoisotopic (exact) mass is 504 g/mol. The Morgan fingerprint density at radius 1 is 0.543 bits per heavy atom. The van der Waals surface area contributed by atoms with Crippen LogP contribution in [0.5, 0.6) is 0 Å². The lowest BCUT2D eigenvalue weighted by molar-refractivity contribution is 0.129. The summed E-state index contributed by atoms with van der Waals surface area (Å²) in [5.41, 5.74) is 0. The standard InChI is InChI=1S/C29H30O4P2/c1-24(23-32-34(30,26-15-7-3-8-16-26)27-17-9-4-10-18-27)25(2)33-35(31,28-19-11-5-12-20-28)29-21-13-6-14-22-29/h3-22,24-25H,23H2,1-2H3. The fraction of sp³-hybridized carbons (Fsp3) is 0.172. The third-order valence-corrected chi connectivity index (χ3v) is 11.1. The molecule has 35 heavy (non-hydrogen) atoms. The van der Waals surface area contributed by atoms with Gasteiger partial charge >= 0.3 is 0 Å². The molecule has 0 saturated carbocycles. The maximum Gasteiger partial charge on any atom is 0.261 e. The van der Waals surface area contributed by atoms with Gasteiger partial charge in [0.15, 0.2) is 0 Å². The van der Waals surface area contributed by atoms with Crippen LogP contribution in [0, 0.1) is 5.92 Å². The normalized spacial score (nSPS) is 13.8. The zero-order chi connectivity index (χ0) is 24.7. The Labute approximate surface area is 207 Å². The van der Waals surface area contributed by atoms with Crippen molar-refractivity contribution in [3.05, 3.63) is 121 Å². The first-order valence-electron chi connectivity index (χ1n) is 11.7. The average Bonchev–Trinajstić information content (AvgIpc) is 2.93. The van der Waals surface area contributed by atoms with Crippen LogP contribution in [-0.2, 0) is 18.2 Å². The van der Waals surface area contributed by atoms with Crippen LogP contribution in [0.4, 0.5) is 0 Å². The summed E-state index contributed by atoms with van der Waals surface area (Å²) in [6.45, 7) is 4.04. The fourth-order valence-electron chi connectivity index (χ4n) is 3.76. The maximum atomic E-state index is 14.3. The zero-order valence-corrected chi connectivity index (χ0v) is 21.7. The molecule has 4 aromatic rings. The van der Waals surface area contributed by atoms with Gasteiger partial charge in [-0.2, -0.15) is 0 Å². The molecule has 0 fully saturated rings. The number of rotatable bonds is 10. The number of hydrogen-bond donors (Lipinski definition) is 0. The first kappa shape index (κ1) is 25.4. The molecular weight excluding hydrogens is 474 g/mol. The van der Waals surface area contributed by atoms with Gasteiger partial charge in [0.25, 0.3) is 14.7 Å². The van der Waals surface area contributed by atoms with Crippen LogP contribution < -0.4 is 21.2 Å². The molecule has 2 atom stereocenters. The summed E-state index contributed by atoms with van der Waals surface area (Å²) < 4.78 is 40.9. The molecule has 0 amide bonds. The molecule has 0 heterocycles. The molecule has 0 radical (unpaired) electrons. The van der Waals surface area contributed by atoms with Gasteiger partial charge in [0.05, 0.1) is 12.7 Å². The third kappa shape index (κ3) is 5.74. The third-order valence-electron chi connectivity index (χ3n) is 6.02. The molecule has 0 spiro atoms. The summed E-state index contributed by atoms with van der Waals surface area (Å²) in [6, 6.07) is 37.1. The average molecular weight is 505 g/mol. The highest BCUT2D eigenvalue weighted by Crippen LogP contribution is 2.48. The molecule has 4 rings (SSSR count). The van der Waals surface area contributed by atoms with E-state index in [-0.39, 0.29) is 12.5 Å². The molecule has 0 aliphatic heterocycles. The van der Waals surface area contributed by atoms with Crippen LogP contribution >= 0.6 is 14.7 Å². The quantitative estimate of drug-likeness (QED) is 0.252. The molecule has 6 heteroatoms. The molecule has 0 aliphatic rings. The number of benzene rings is 4. The van der Waals surface area contributed by atoms with Gasteiger partial charge in [0.2, 0.25) is 0 Å². The van der Waals surface area contributed by atoms with Gasteiger partial charge in [-0.15, -0.1) is 0 Å². The predicted octanol–water partition coefficient (Wildman–Crippen LogP) is 5.90. The molecular formula is C29H30O4P2. The van der Waals surface area contributed by atoms with E-state index in [1.807, 2.05) is 135 Å². The Kier molecular flexibility index (Phi) is 8.21. The predicted molar refractivity (Wildman–Crippen MR) is 145 cm³/mol. The van der Waals surface area contributed by atoms with Gasteiger partial charge in [-0.3, -0.25) is 9.13 Å². The summed E-state index contributed by atoms with van der Waals surface area (Å²) in [4.78, 5) is 0. The zero-order valence-electron chi connectivity index (χ0n) is 19.9. The van der Waals surface area contributed by atoms with Gasteiger partial charge in [-0.05, 0) is 55.5 Å². The van der Waals surface area contributed by atoms with Gasteiger partial charge in [0, 0.05) is 27.1 Å². The van der Waals surface area contributed by atoms with Crippen molar-refractivity contribution in [2.24, 2.45) is 5.92 Å². The lowest BCUT2D eigenvalue weighted by Crippen LogP contribution is -2.28. The highest BCUT2D eigenvalue weighted by atomic mass is 31.2. The minimum Gasteiger partial charge on any atom is -0.322 e. The number of hydrogen-bond acceptors (Lipinski definition) is 4. The Morgan fingerprint density at radius 2 is 0.857 bits per heavy atom. The lowest BCUT2D eigenvalue weighted by Gasteiger charge is -2.28. The van der Waals surface area contributed by atoms with Gasteiger partial charge in [-0.1, -0.05) is 79.7 Å². The molecule has 0 aliphatic carbocycles. The molecule has 4 aromatic carbocycles. The summed E-state index contributed by atoms with van der Waals surface area (Å²) in [5.74, 6) is -0.170. The molecule has 4 nitrogen and oxygen atoms in total. The second-order valence-corrected chi connectivity index (χ2v) is 13.3. The van der Waals surface area contributed by atoms with E-state index in [1.165, 1.54) is 0 Å². The minimum atomic E-state index is -3.34. The van der Waals surface area contributed by atoms with E-state index in [1.54, 1.807) is 0 Å².